The third kappa shape index (κ3) is 7.02. The Balaban J connectivity index is 1.85. The van der Waals surface area contributed by atoms with Crippen molar-refractivity contribution in [2.75, 3.05) is 33.4 Å². The van der Waals surface area contributed by atoms with Gasteiger partial charge in [0.05, 0.1) is 13.7 Å². The average molecular weight is 380 g/mol. The number of likely N-dealkylation sites (tertiary alicyclic amines) is 1. The molecular formula is C20H26F2N2O3. The van der Waals surface area contributed by atoms with Crippen LogP contribution in [0.5, 0.6) is 11.5 Å². The number of benzene rings is 1. The van der Waals surface area contributed by atoms with Crippen molar-refractivity contribution in [3.63, 3.8) is 0 Å². The van der Waals surface area contributed by atoms with Crippen LogP contribution >= 0.6 is 0 Å². The second-order valence-corrected chi connectivity index (χ2v) is 6.32. The van der Waals surface area contributed by atoms with E-state index in [9.17, 15) is 13.6 Å². The van der Waals surface area contributed by atoms with Crippen molar-refractivity contribution in [1.29, 1.82) is 0 Å². The van der Waals surface area contributed by atoms with Gasteiger partial charge < -0.3 is 14.8 Å². The second kappa shape index (κ2) is 10.7. The van der Waals surface area contributed by atoms with Crippen LogP contribution in [0, 0.1) is 0 Å². The fourth-order valence-corrected chi connectivity index (χ4v) is 2.93. The number of carbonyl (C=O) groups excluding carboxylic acids is 1. The summed E-state index contributed by atoms with van der Waals surface area (Å²) in [6, 6.07) is 5.40. The predicted molar refractivity (Wildman–Crippen MR) is 101 cm³/mol. The maximum Gasteiger partial charge on any atom is 0.251 e. The van der Waals surface area contributed by atoms with E-state index in [0.29, 0.717) is 44.0 Å². The average Bonchev–Trinajstić information content (AvgIpc) is 2.66. The molecule has 148 valence electrons. The van der Waals surface area contributed by atoms with Gasteiger partial charge in [-0.2, -0.15) is 0 Å². The van der Waals surface area contributed by atoms with E-state index in [1.54, 1.807) is 36.3 Å². The highest BCUT2D eigenvalue weighted by Crippen LogP contribution is 2.28. The maximum absolute atomic E-state index is 12.4. The highest BCUT2D eigenvalue weighted by molar-refractivity contribution is 5.92. The Morgan fingerprint density at radius 1 is 1.37 bits per heavy atom. The first-order chi connectivity index (χ1) is 13.0. The van der Waals surface area contributed by atoms with E-state index in [1.807, 2.05) is 6.07 Å². The molecule has 1 aliphatic rings. The summed E-state index contributed by atoms with van der Waals surface area (Å²) in [5.41, 5.74) is 0.805. The lowest BCUT2D eigenvalue weighted by atomic mass is 10.0. The van der Waals surface area contributed by atoms with Crippen LogP contribution in [-0.4, -0.2) is 56.6 Å². The summed E-state index contributed by atoms with van der Waals surface area (Å²) in [5, 5.41) is 2.92. The monoisotopic (exact) mass is 380 g/mol. The minimum atomic E-state index is -2.32. The van der Waals surface area contributed by atoms with Gasteiger partial charge in [0.25, 0.3) is 6.43 Å². The number of hydrogen-bond donors (Lipinski definition) is 1. The number of nitrogens with one attached hydrogen (secondary N) is 1. The topological polar surface area (TPSA) is 50.8 Å². The summed E-state index contributed by atoms with van der Waals surface area (Å²) in [6.45, 7) is 4.93. The van der Waals surface area contributed by atoms with Crippen LogP contribution in [0.1, 0.15) is 18.4 Å². The lowest BCUT2D eigenvalue weighted by Crippen LogP contribution is -2.45. The number of ether oxygens (including phenoxy) is 2. The molecule has 1 heterocycles. The normalized spacial score (nSPS) is 15.9. The summed E-state index contributed by atoms with van der Waals surface area (Å²) in [4.78, 5) is 13.8. The molecule has 0 radical (unpaired) electrons. The van der Waals surface area contributed by atoms with Crippen LogP contribution in [-0.2, 0) is 4.79 Å². The lowest BCUT2D eigenvalue weighted by Gasteiger charge is -2.31. The van der Waals surface area contributed by atoms with Gasteiger partial charge in [0.2, 0.25) is 5.91 Å². The zero-order valence-electron chi connectivity index (χ0n) is 15.5. The van der Waals surface area contributed by atoms with Gasteiger partial charge in [0.1, 0.15) is 6.61 Å². The number of methoxy groups -OCH3 is 1. The molecule has 7 heteroatoms. The third-order valence-corrected chi connectivity index (χ3v) is 4.30. The minimum absolute atomic E-state index is 0.0142. The number of halogens is 2. The van der Waals surface area contributed by atoms with Crippen molar-refractivity contribution < 1.29 is 23.0 Å². The predicted octanol–water partition coefficient (Wildman–Crippen LogP) is 3.12. The van der Waals surface area contributed by atoms with Crippen LogP contribution in [0.3, 0.4) is 0 Å². The zero-order chi connectivity index (χ0) is 19.6. The molecule has 1 aliphatic heterocycles. The van der Waals surface area contributed by atoms with Gasteiger partial charge in [0.15, 0.2) is 11.5 Å². The van der Waals surface area contributed by atoms with Gasteiger partial charge in [-0.05, 0) is 36.6 Å². The molecule has 1 N–H and O–H groups in total. The zero-order valence-corrected chi connectivity index (χ0v) is 15.5. The smallest absolute Gasteiger partial charge is 0.251 e. The standard InChI is InChI=1S/C20H26F2N2O3/c1-3-12-27-17-6-4-15(13-18(17)26-2)5-7-20(25)23-16-8-10-24(11-9-16)14-19(21)22/h3-7,13,16,19H,1,8-12,14H2,2H3,(H,23,25)/b7-5+. The van der Waals surface area contributed by atoms with Crippen molar-refractivity contribution >= 4 is 12.0 Å². The molecule has 5 nitrogen and oxygen atoms in total. The van der Waals surface area contributed by atoms with E-state index in [2.05, 4.69) is 11.9 Å². The van der Waals surface area contributed by atoms with Crippen LogP contribution in [0.2, 0.25) is 0 Å². The fraction of sp³-hybridized carbons (Fsp3) is 0.450. The Kier molecular flexibility index (Phi) is 8.26. The van der Waals surface area contributed by atoms with E-state index in [4.69, 9.17) is 9.47 Å². The molecule has 0 bridgehead atoms. The first kappa shape index (κ1) is 20.9. The number of piperidine rings is 1. The number of carbonyl (C=O) groups is 1. The molecule has 0 saturated carbocycles. The summed E-state index contributed by atoms with van der Waals surface area (Å²) >= 11 is 0. The van der Waals surface area contributed by atoms with E-state index < -0.39 is 6.43 Å². The highest BCUT2D eigenvalue weighted by atomic mass is 19.3. The molecule has 2 rings (SSSR count). The summed E-state index contributed by atoms with van der Waals surface area (Å²) in [5.74, 6) is 0.980. The van der Waals surface area contributed by atoms with E-state index >= 15 is 0 Å². The summed E-state index contributed by atoms with van der Waals surface area (Å²) in [7, 11) is 1.55. The van der Waals surface area contributed by atoms with E-state index in [0.717, 1.165) is 5.56 Å². The highest BCUT2D eigenvalue weighted by Gasteiger charge is 2.21. The Bertz CT molecular complexity index is 657. The van der Waals surface area contributed by atoms with Gasteiger partial charge in [-0.25, -0.2) is 8.78 Å². The van der Waals surface area contributed by atoms with Crippen LogP contribution in [0.15, 0.2) is 36.9 Å². The van der Waals surface area contributed by atoms with Gasteiger partial charge >= 0.3 is 0 Å². The molecule has 1 aromatic carbocycles. The van der Waals surface area contributed by atoms with Gasteiger partial charge in [-0.1, -0.05) is 18.7 Å². The van der Waals surface area contributed by atoms with Crippen molar-refractivity contribution in [1.82, 2.24) is 10.2 Å². The number of rotatable bonds is 9. The van der Waals surface area contributed by atoms with E-state index in [1.165, 1.54) is 6.08 Å². The first-order valence-electron chi connectivity index (χ1n) is 8.92. The van der Waals surface area contributed by atoms with Crippen molar-refractivity contribution in [2.45, 2.75) is 25.3 Å². The number of alkyl halides is 2. The Labute approximate surface area is 158 Å². The largest absolute Gasteiger partial charge is 0.493 e. The molecule has 0 atom stereocenters. The molecule has 0 unspecified atom stereocenters. The van der Waals surface area contributed by atoms with E-state index in [-0.39, 0.29) is 18.5 Å². The van der Waals surface area contributed by atoms with Crippen molar-refractivity contribution in [2.24, 2.45) is 0 Å². The SMILES string of the molecule is C=CCOc1ccc(/C=C/C(=O)NC2CCN(CC(F)F)CC2)cc1OC. The molecule has 1 aromatic rings. The molecule has 1 saturated heterocycles. The number of nitrogens with zero attached hydrogens (tertiary/aromatic N) is 1. The molecule has 1 fully saturated rings. The Morgan fingerprint density at radius 2 is 2.11 bits per heavy atom. The quantitative estimate of drug-likeness (QED) is 0.528. The number of amides is 1. The van der Waals surface area contributed by atoms with Crippen molar-refractivity contribution in [3.05, 3.63) is 42.5 Å². The van der Waals surface area contributed by atoms with Gasteiger partial charge in [0, 0.05) is 25.2 Å². The fourth-order valence-electron chi connectivity index (χ4n) is 2.93. The molecule has 1 amide bonds. The first-order valence-corrected chi connectivity index (χ1v) is 8.92. The molecule has 0 aromatic heterocycles. The van der Waals surface area contributed by atoms with Crippen molar-refractivity contribution in [3.8, 4) is 11.5 Å². The lowest BCUT2D eigenvalue weighted by molar-refractivity contribution is -0.117. The molecule has 0 aliphatic carbocycles. The van der Waals surface area contributed by atoms with Crippen LogP contribution in [0.4, 0.5) is 8.78 Å². The Hall–Kier alpha value is -2.41. The Morgan fingerprint density at radius 3 is 2.74 bits per heavy atom. The van der Waals surface area contributed by atoms with Crippen LogP contribution in [0.25, 0.3) is 6.08 Å². The summed E-state index contributed by atoms with van der Waals surface area (Å²) < 4.78 is 35.6. The number of hydrogen-bond acceptors (Lipinski definition) is 4. The van der Waals surface area contributed by atoms with Crippen LogP contribution < -0.4 is 14.8 Å². The maximum atomic E-state index is 12.4. The molecule has 27 heavy (non-hydrogen) atoms. The van der Waals surface area contributed by atoms with Gasteiger partial charge in [-0.15, -0.1) is 0 Å². The minimum Gasteiger partial charge on any atom is -0.493 e. The second-order valence-electron chi connectivity index (χ2n) is 6.32. The summed E-state index contributed by atoms with van der Waals surface area (Å²) in [6.07, 6.45) is 3.84. The molecule has 0 spiro atoms. The molecular weight excluding hydrogens is 354 g/mol. The third-order valence-electron chi connectivity index (χ3n) is 4.30. The van der Waals surface area contributed by atoms with Gasteiger partial charge in [-0.3, -0.25) is 9.69 Å².